The molecule has 2 aromatic carbocycles. The molecule has 2 amide bonds. The summed E-state index contributed by atoms with van der Waals surface area (Å²) in [5.41, 5.74) is 3.34. The van der Waals surface area contributed by atoms with Crippen molar-refractivity contribution in [1.29, 1.82) is 0 Å². The Morgan fingerprint density at radius 1 is 1.00 bits per heavy atom. The molecular weight excluding hydrogens is 344 g/mol. The monoisotopic (exact) mass is 366 g/mol. The number of hydrazine groups is 1. The van der Waals surface area contributed by atoms with Gasteiger partial charge < -0.3 is 9.47 Å². The Balaban J connectivity index is 2.01. The molecule has 3 rings (SSSR count). The van der Waals surface area contributed by atoms with E-state index in [2.05, 4.69) is 5.43 Å². The molecule has 0 bridgehead atoms. The van der Waals surface area contributed by atoms with Crippen LogP contribution in [0.4, 0.5) is 5.69 Å². The lowest BCUT2D eigenvalue weighted by Gasteiger charge is -2.24. The Kier molecular flexibility index (Phi) is 4.90. The summed E-state index contributed by atoms with van der Waals surface area (Å²) in [6.07, 6.45) is 1.53. The number of carbonyl (C=O) groups is 2. The van der Waals surface area contributed by atoms with E-state index < -0.39 is 17.4 Å². The molecular formula is C21H22N2O4. The number of nitrogens with zero attached hydrogens (tertiary/aromatic N) is 1. The third-order valence-electron chi connectivity index (χ3n) is 3.84. The first kappa shape index (κ1) is 18.5. The summed E-state index contributed by atoms with van der Waals surface area (Å²) in [5.74, 6) is 0.132. The lowest BCUT2D eigenvalue weighted by molar-refractivity contribution is -0.117. The number of para-hydroxylation sites is 2. The first-order valence-electron chi connectivity index (χ1n) is 8.58. The number of nitrogens with one attached hydrogen (secondary N) is 1. The highest BCUT2D eigenvalue weighted by molar-refractivity contribution is 6.31. The Labute approximate surface area is 158 Å². The maximum absolute atomic E-state index is 12.8. The number of anilines is 1. The van der Waals surface area contributed by atoms with E-state index in [4.69, 9.17) is 9.47 Å². The van der Waals surface area contributed by atoms with Gasteiger partial charge in [0.15, 0.2) is 11.5 Å². The second kappa shape index (κ2) is 7.15. The molecule has 0 aliphatic carbocycles. The normalized spacial score (nSPS) is 15.9. The van der Waals surface area contributed by atoms with E-state index in [0.29, 0.717) is 22.7 Å². The molecule has 0 saturated carbocycles. The van der Waals surface area contributed by atoms with Crippen LogP contribution in [0.25, 0.3) is 6.08 Å². The molecule has 1 aliphatic rings. The van der Waals surface area contributed by atoms with Gasteiger partial charge in [-0.3, -0.25) is 15.0 Å². The highest BCUT2D eigenvalue weighted by atomic mass is 16.5. The summed E-state index contributed by atoms with van der Waals surface area (Å²) in [7, 11) is 1.55. The molecule has 1 aliphatic heterocycles. The molecule has 0 spiro atoms. The van der Waals surface area contributed by atoms with E-state index in [1.54, 1.807) is 49.6 Å². The Bertz CT molecular complexity index is 898. The highest BCUT2D eigenvalue weighted by Gasteiger charge is 2.34. The van der Waals surface area contributed by atoms with Crippen LogP contribution in [0.15, 0.2) is 54.1 Å². The van der Waals surface area contributed by atoms with Crippen LogP contribution < -0.4 is 19.9 Å². The minimum atomic E-state index is -0.472. The van der Waals surface area contributed by atoms with Crippen LogP contribution in [0.1, 0.15) is 26.3 Å². The standard InChI is InChI=1S/C21H22N2O4/c1-21(2,3)27-18-14(9-8-12-17(18)26-4)13-16-19(24)22-23(20(16)25)15-10-6-5-7-11-15/h5-13H,1-4H3,(H,22,24)/b16-13-. The number of amides is 2. The molecule has 0 unspecified atom stereocenters. The average molecular weight is 366 g/mol. The molecule has 6 heteroatoms. The minimum absolute atomic E-state index is 0.0332. The molecule has 1 fully saturated rings. The highest BCUT2D eigenvalue weighted by Crippen LogP contribution is 2.36. The molecule has 27 heavy (non-hydrogen) atoms. The van der Waals surface area contributed by atoms with Gasteiger partial charge in [-0.2, -0.15) is 0 Å². The first-order valence-corrected chi connectivity index (χ1v) is 8.58. The van der Waals surface area contributed by atoms with Crippen molar-refractivity contribution in [2.45, 2.75) is 26.4 Å². The third kappa shape index (κ3) is 3.95. The van der Waals surface area contributed by atoms with Gasteiger partial charge in [0.2, 0.25) is 0 Å². The van der Waals surface area contributed by atoms with Crippen molar-refractivity contribution in [3.8, 4) is 11.5 Å². The number of hydrogen-bond donors (Lipinski definition) is 1. The lowest BCUT2D eigenvalue weighted by Crippen LogP contribution is -2.35. The van der Waals surface area contributed by atoms with Crippen molar-refractivity contribution in [2.75, 3.05) is 12.1 Å². The van der Waals surface area contributed by atoms with Gasteiger partial charge in [0, 0.05) is 5.56 Å². The van der Waals surface area contributed by atoms with Crippen LogP contribution in [0.5, 0.6) is 11.5 Å². The number of ether oxygens (including phenoxy) is 2. The average Bonchev–Trinajstić information content (AvgIpc) is 2.91. The Morgan fingerprint density at radius 2 is 1.70 bits per heavy atom. The van der Waals surface area contributed by atoms with Crippen molar-refractivity contribution >= 4 is 23.6 Å². The van der Waals surface area contributed by atoms with Gasteiger partial charge in [-0.05, 0) is 45.0 Å². The van der Waals surface area contributed by atoms with Crippen molar-refractivity contribution in [3.05, 3.63) is 59.7 Å². The Hall–Kier alpha value is -3.28. The van der Waals surface area contributed by atoms with Crippen molar-refractivity contribution in [2.24, 2.45) is 0 Å². The fraction of sp³-hybridized carbons (Fsp3) is 0.238. The van der Waals surface area contributed by atoms with Crippen LogP contribution in [0.3, 0.4) is 0 Å². The van der Waals surface area contributed by atoms with Gasteiger partial charge in [0.1, 0.15) is 11.2 Å². The number of carbonyl (C=O) groups excluding carboxylic acids is 2. The lowest BCUT2D eigenvalue weighted by atomic mass is 10.1. The van der Waals surface area contributed by atoms with Crippen LogP contribution in [0, 0.1) is 0 Å². The fourth-order valence-corrected chi connectivity index (χ4v) is 2.69. The smallest absolute Gasteiger partial charge is 0.282 e. The quantitative estimate of drug-likeness (QED) is 0.666. The second-order valence-corrected chi connectivity index (χ2v) is 7.07. The van der Waals surface area contributed by atoms with E-state index >= 15 is 0 Å². The maximum Gasteiger partial charge on any atom is 0.282 e. The van der Waals surface area contributed by atoms with Crippen LogP contribution >= 0.6 is 0 Å². The minimum Gasteiger partial charge on any atom is -0.493 e. The zero-order valence-corrected chi connectivity index (χ0v) is 15.8. The first-order chi connectivity index (χ1) is 12.8. The predicted octanol–water partition coefficient (Wildman–Crippen LogP) is 3.33. The van der Waals surface area contributed by atoms with Crippen molar-refractivity contribution in [3.63, 3.8) is 0 Å². The van der Waals surface area contributed by atoms with Gasteiger partial charge in [0.25, 0.3) is 11.8 Å². The number of benzene rings is 2. The van der Waals surface area contributed by atoms with Crippen LogP contribution in [-0.2, 0) is 9.59 Å². The topological polar surface area (TPSA) is 67.9 Å². The molecule has 1 N–H and O–H groups in total. The van der Waals surface area contributed by atoms with Gasteiger partial charge in [-0.1, -0.05) is 30.3 Å². The summed E-state index contributed by atoms with van der Waals surface area (Å²) in [6, 6.07) is 14.3. The molecule has 0 aromatic heterocycles. The molecule has 2 aromatic rings. The molecule has 6 nitrogen and oxygen atoms in total. The number of methoxy groups -OCH3 is 1. The van der Waals surface area contributed by atoms with Crippen molar-refractivity contribution < 1.29 is 19.1 Å². The molecule has 0 radical (unpaired) electrons. The van der Waals surface area contributed by atoms with Crippen LogP contribution in [0.2, 0.25) is 0 Å². The van der Waals surface area contributed by atoms with Gasteiger partial charge in [0.05, 0.1) is 12.8 Å². The molecule has 0 atom stereocenters. The number of hydrogen-bond acceptors (Lipinski definition) is 4. The van der Waals surface area contributed by atoms with Crippen molar-refractivity contribution in [1.82, 2.24) is 5.43 Å². The van der Waals surface area contributed by atoms with E-state index in [-0.39, 0.29) is 5.57 Å². The molecule has 140 valence electrons. The summed E-state index contributed by atoms with van der Waals surface area (Å²) in [6.45, 7) is 5.75. The fourth-order valence-electron chi connectivity index (χ4n) is 2.69. The summed E-state index contributed by atoms with van der Waals surface area (Å²) < 4.78 is 11.4. The zero-order valence-electron chi connectivity index (χ0n) is 15.8. The van der Waals surface area contributed by atoms with Gasteiger partial charge >= 0.3 is 0 Å². The maximum atomic E-state index is 12.8. The predicted molar refractivity (Wildman–Crippen MR) is 103 cm³/mol. The summed E-state index contributed by atoms with van der Waals surface area (Å²) in [5, 5.41) is 1.23. The van der Waals surface area contributed by atoms with E-state index in [1.165, 1.54) is 11.1 Å². The van der Waals surface area contributed by atoms with E-state index in [1.807, 2.05) is 26.8 Å². The van der Waals surface area contributed by atoms with Gasteiger partial charge in [-0.25, -0.2) is 5.01 Å². The second-order valence-electron chi connectivity index (χ2n) is 7.07. The largest absolute Gasteiger partial charge is 0.493 e. The van der Waals surface area contributed by atoms with Gasteiger partial charge in [-0.15, -0.1) is 0 Å². The van der Waals surface area contributed by atoms with Crippen LogP contribution in [-0.4, -0.2) is 24.5 Å². The molecule has 1 saturated heterocycles. The third-order valence-corrected chi connectivity index (χ3v) is 3.84. The summed E-state index contributed by atoms with van der Waals surface area (Å²) >= 11 is 0. The number of rotatable bonds is 4. The summed E-state index contributed by atoms with van der Waals surface area (Å²) in [4.78, 5) is 25.2. The van der Waals surface area contributed by atoms with E-state index in [9.17, 15) is 9.59 Å². The molecule has 1 heterocycles. The SMILES string of the molecule is COc1cccc(/C=C2/C(=O)NN(c3ccccc3)C2=O)c1OC(C)(C)C. The van der Waals surface area contributed by atoms with E-state index in [0.717, 1.165) is 0 Å². The zero-order chi connectivity index (χ0) is 19.6. The Morgan fingerprint density at radius 3 is 2.33 bits per heavy atom.